The smallest absolute Gasteiger partial charge is 0.171 e. The van der Waals surface area contributed by atoms with Crippen LogP contribution in [0.15, 0.2) is 11.6 Å². The zero-order valence-electron chi connectivity index (χ0n) is 17.2. The van der Waals surface area contributed by atoms with Crippen molar-refractivity contribution in [2.24, 2.45) is 23.2 Å². The fourth-order valence-electron chi connectivity index (χ4n) is 8.29. The van der Waals surface area contributed by atoms with E-state index in [2.05, 4.69) is 13.0 Å². The molecule has 0 amide bonds. The van der Waals surface area contributed by atoms with E-state index in [1.54, 1.807) is 12.7 Å². The number of rotatable bonds is 3. The number of aliphatic hydroxyl groups excluding tert-OH is 1. The summed E-state index contributed by atoms with van der Waals surface area (Å²) >= 11 is 0. The lowest BCUT2D eigenvalue weighted by Gasteiger charge is -2.50. The molecule has 2 aliphatic heterocycles. The molecular weight excluding hydrogens is 356 g/mol. The van der Waals surface area contributed by atoms with E-state index in [4.69, 9.17) is 18.9 Å². The number of aliphatic hydroxyl groups is 1. The number of epoxide rings is 1. The van der Waals surface area contributed by atoms with Gasteiger partial charge >= 0.3 is 0 Å². The van der Waals surface area contributed by atoms with Gasteiger partial charge in [-0.05, 0) is 67.3 Å². The highest BCUT2D eigenvalue weighted by Gasteiger charge is 2.79. The van der Waals surface area contributed by atoms with Gasteiger partial charge in [0.25, 0.3) is 0 Å². The Kier molecular flexibility index (Phi) is 3.81. The normalized spacial score (nSPS) is 51.7. The molecule has 0 aromatic rings. The van der Waals surface area contributed by atoms with Gasteiger partial charge in [0.1, 0.15) is 11.2 Å². The van der Waals surface area contributed by atoms with Gasteiger partial charge < -0.3 is 24.1 Å². The van der Waals surface area contributed by atoms with Crippen LogP contribution in [0.2, 0.25) is 0 Å². The van der Waals surface area contributed by atoms with Gasteiger partial charge in [-0.3, -0.25) is 0 Å². The van der Waals surface area contributed by atoms with Crippen LogP contribution >= 0.6 is 0 Å². The zero-order chi connectivity index (χ0) is 19.2. The minimum atomic E-state index is -0.376. The van der Waals surface area contributed by atoms with E-state index in [9.17, 15) is 5.11 Å². The van der Waals surface area contributed by atoms with Crippen LogP contribution in [-0.4, -0.2) is 55.1 Å². The third-order valence-electron chi connectivity index (χ3n) is 9.55. The van der Waals surface area contributed by atoms with Gasteiger partial charge in [-0.25, -0.2) is 0 Å². The van der Waals surface area contributed by atoms with E-state index < -0.39 is 0 Å². The van der Waals surface area contributed by atoms with Crippen molar-refractivity contribution >= 4 is 0 Å². The van der Waals surface area contributed by atoms with Gasteiger partial charge in [-0.2, -0.15) is 0 Å². The molecule has 1 N–H and O–H groups in total. The lowest BCUT2D eigenvalue weighted by atomic mass is 9.53. The Labute approximate surface area is 167 Å². The molecule has 0 radical (unpaired) electrons. The van der Waals surface area contributed by atoms with Gasteiger partial charge in [-0.15, -0.1) is 0 Å². The summed E-state index contributed by atoms with van der Waals surface area (Å²) in [5.74, 6) is 1.25. The number of methoxy groups -OCH3 is 1. The molecule has 6 aliphatic rings. The Bertz CT molecular complexity index is 699. The van der Waals surface area contributed by atoms with Crippen LogP contribution in [0, 0.1) is 23.2 Å². The first kappa shape index (κ1) is 18.3. The summed E-state index contributed by atoms with van der Waals surface area (Å²) in [4.78, 5) is 0. The molecule has 0 bridgehead atoms. The predicted molar refractivity (Wildman–Crippen MR) is 103 cm³/mol. The summed E-state index contributed by atoms with van der Waals surface area (Å²) in [6.45, 7) is 4.32. The molecule has 5 unspecified atom stereocenters. The second-order valence-corrected chi connectivity index (χ2v) is 10.5. The number of hydrogen-bond acceptors (Lipinski definition) is 5. The monoisotopic (exact) mass is 390 g/mol. The molecular formula is C23H34O5. The fourth-order valence-corrected chi connectivity index (χ4v) is 8.29. The summed E-state index contributed by atoms with van der Waals surface area (Å²) in [7, 11) is 1.69. The number of hydrogen-bond donors (Lipinski definition) is 1. The molecule has 1 spiro atoms. The van der Waals surface area contributed by atoms with Crippen LogP contribution in [0.1, 0.15) is 58.3 Å². The fraction of sp³-hybridized carbons (Fsp3) is 0.913. The van der Waals surface area contributed by atoms with Crippen molar-refractivity contribution in [1.29, 1.82) is 0 Å². The van der Waals surface area contributed by atoms with Crippen LogP contribution in [0.25, 0.3) is 0 Å². The Hall–Kier alpha value is -0.460. The third kappa shape index (κ3) is 2.15. The Morgan fingerprint density at radius 3 is 2.79 bits per heavy atom. The van der Waals surface area contributed by atoms with Crippen LogP contribution in [0.5, 0.6) is 0 Å². The molecule has 4 aliphatic carbocycles. The molecule has 156 valence electrons. The highest BCUT2D eigenvalue weighted by Crippen LogP contribution is 2.74. The summed E-state index contributed by atoms with van der Waals surface area (Å²) in [5, 5.41) is 10.7. The number of allylic oxidation sites excluding steroid dienone is 1. The van der Waals surface area contributed by atoms with Crippen LogP contribution in [-0.2, 0) is 18.9 Å². The maximum Gasteiger partial charge on any atom is 0.171 e. The first-order chi connectivity index (χ1) is 13.5. The van der Waals surface area contributed by atoms with Crippen molar-refractivity contribution in [3.63, 3.8) is 0 Å². The zero-order valence-corrected chi connectivity index (χ0v) is 17.2. The van der Waals surface area contributed by atoms with E-state index in [0.29, 0.717) is 24.4 Å². The van der Waals surface area contributed by atoms with E-state index >= 15 is 0 Å². The first-order valence-corrected chi connectivity index (χ1v) is 11.3. The van der Waals surface area contributed by atoms with Crippen molar-refractivity contribution in [1.82, 2.24) is 0 Å². The molecule has 2 heterocycles. The Morgan fingerprint density at radius 2 is 2.00 bits per heavy atom. The van der Waals surface area contributed by atoms with Crippen molar-refractivity contribution in [2.75, 3.05) is 26.9 Å². The maximum absolute atomic E-state index is 10.7. The van der Waals surface area contributed by atoms with Gasteiger partial charge in [-0.1, -0.05) is 13.0 Å². The topological polar surface area (TPSA) is 60.5 Å². The van der Waals surface area contributed by atoms with Crippen molar-refractivity contribution < 1.29 is 24.1 Å². The Balaban J connectivity index is 1.29. The molecule has 2 saturated heterocycles. The number of fused-ring (bicyclic) bond motifs is 3. The summed E-state index contributed by atoms with van der Waals surface area (Å²) in [5.41, 5.74) is 1.70. The molecule has 28 heavy (non-hydrogen) atoms. The standard InChI is InChI=1S/C23H34O5/c1-20-7-6-17-15(16(20)3-4-18(20)19(24)13-25-2)5-8-21-14-22(26-11-12-27-22)9-10-23(17,21)28-21/h6,15-16,18-19,24H,3-5,7-14H2,1-2H3/t15?,16?,18?,19?,20?,21-,23-/m1/s1. The minimum Gasteiger partial charge on any atom is -0.390 e. The SMILES string of the molecule is COCC(O)C1CCC2C3CC[C@@]45CC6(CC[C@@]4(O5)C3=CCC12C)OCCO6. The summed E-state index contributed by atoms with van der Waals surface area (Å²) in [6.07, 6.45) is 10.8. The Morgan fingerprint density at radius 1 is 1.18 bits per heavy atom. The predicted octanol–water partition coefficient (Wildman–Crippen LogP) is 3.20. The molecule has 0 aromatic carbocycles. The molecule has 6 rings (SSSR count). The van der Waals surface area contributed by atoms with Gasteiger partial charge in [0.05, 0.1) is 25.9 Å². The van der Waals surface area contributed by atoms with E-state index in [1.807, 2.05) is 0 Å². The minimum absolute atomic E-state index is 0.0406. The van der Waals surface area contributed by atoms with Crippen LogP contribution in [0.3, 0.4) is 0 Å². The van der Waals surface area contributed by atoms with E-state index in [-0.39, 0.29) is 28.5 Å². The second kappa shape index (κ2) is 5.82. The summed E-state index contributed by atoms with van der Waals surface area (Å²) < 4.78 is 24.0. The van der Waals surface area contributed by atoms with Crippen LogP contribution < -0.4 is 0 Å². The van der Waals surface area contributed by atoms with E-state index in [0.717, 1.165) is 51.7 Å². The number of ether oxygens (including phenoxy) is 4. The highest BCUT2D eigenvalue weighted by molar-refractivity contribution is 5.43. The molecule has 7 atom stereocenters. The molecule has 3 saturated carbocycles. The highest BCUT2D eigenvalue weighted by atomic mass is 16.7. The lowest BCUT2D eigenvalue weighted by molar-refractivity contribution is -0.185. The average Bonchev–Trinajstić information content (AvgIpc) is 2.93. The maximum atomic E-state index is 10.7. The largest absolute Gasteiger partial charge is 0.390 e. The third-order valence-corrected chi connectivity index (χ3v) is 9.55. The van der Waals surface area contributed by atoms with Crippen LogP contribution in [0.4, 0.5) is 0 Å². The van der Waals surface area contributed by atoms with Crippen molar-refractivity contribution in [3.8, 4) is 0 Å². The summed E-state index contributed by atoms with van der Waals surface area (Å²) in [6, 6.07) is 0. The van der Waals surface area contributed by atoms with Crippen molar-refractivity contribution in [3.05, 3.63) is 11.6 Å². The molecule has 5 nitrogen and oxygen atoms in total. The van der Waals surface area contributed by atoms with Crippen molar-refractivity contribution in [2.45, 2.75) is 81.4 Å². The molecule has 5 fully saturated rings. The lowest BCUT2D eigenvalue weighted by Crippen LogP contribution is -2.52. The van der Waals surface area contributed by atoms with E-state index in [1.165, 1.54) is 12.8 Å². The quantitative estimate of drug-likeness (QED) is 0.592. The van der Waals surface area contributed by atoms with Gasteiger partial charge in [0.15, 0.2) is 5.79 Å². The molecule has 5 heteroatoms. The first-order valence-electron chi connectivity index (χ1n) is 11.3. The van der Waals surface area contributed by atoms with Gasteiger partial charge in [0, 0.05) is 20.0 Å². The average molecular weight is 391 g/mol. The van der Waals surface area contributed by atoms with Gasteiger partial charge in [0.2, 0.25) is 0 Å². The second-order valence-electron chi connectivity index (χ2n) is 10.5. The molecule has 0 aromatic heterocycles.